The van der Waals surface area contributed by atoms with Crippen molar-refractivity contribution in [2.24, 2.45) is 5.73 Å². The Bertz CT molecular complexity index is 583. The van der Waals surface area contributed by atoms with Gasteiger partial charge in [0.15, 0.2) is 0 Å². The molecule has 5 heteroatoms. The topological polar surface area (TPSA) is 52.3 Å². The number of hydrogen-bond donors (Lipinski definition) is 1. The van der Waals surface area contributed by atoms with E-state index in [1.807, 2.05) is 6.92 Å². The van der Waals surface area contributed by atoms with Crippen LogP contribution in [0.5, 0.6) is 0 Å². The standard InChI is InChI=1S/C18H23F2NO2/c1-3-8-13(2)23-12-7-5-4-6-9-14-10-11-15(19)16(17(14)20)18(21)22/h3,8,10-11H,1,4-7,9,12H2,2H3,(H2,21,22). The Morgan fingerprint density at radius 2 is 1.96 bits per heavy atom. The third kappa shape index (κ3) is 6.22. The van der Waals surface area contributed by atoms with Crippen molar-refractivity contribution < 1.29 is 18.3 Å². The highest BCUT2D eigenvalue weighted by molar-refractivity contribution is 5.93. The number of unbranched alkanes of at least 4 members (excludes halogenated alkanes) is 3. The Balaban J connectivity index is 2.34. The number of aryl methyl sites for hydroxylation is 1. The van der Waals surface area contributed by atoms with Crippen molar-refractivity contribution in [2.45, 2.75) is 39.0 Å². The van der Waals surface area contributed by atoms with Crippen molar-refractivity contribution in [3.63, 3.8) is 0 Å². The lowest BCUT2D eigenvalue weighted by molar-refractivity contribution is 0.0992. The van der Waals surface area contributed by atoms with Crippen molar-refractivity contribution in [2.75, 3.05) is 6.61 Å². The van der Waals surface area contributed by atoms with Gasteiger partial charge in [-0.3, -0.25) is 4.79 Å². The Morgan fingerprint density at radius 3 is 2.61 bits per heavy atom. The highest BCUT2D eigenvalue weighted by atomic mass is 19.1. The molecular formula is C18H23F2NO2. The van der Waals surface area contributed by atoms with Gasteiger partial charge in [0, 0.05) is 0 Å². The lowest BCUT2D eigenvalue weighted by Crippen LogP contribution is -2.16. The number of carbonyl (C=O) groups is 1. The minimum Gasteiger partial charge on any atom is -0.498 e. The first-order chi connectivity index (χ1) is 11.0. The molecule has 126 valence electrons. The molecule has 0 atom stereocenters. The molecule has 0 aliphatic heterocycles. The molecule has 0 aliphatic rings. The number of rotatable bonds is 10. The van der Waals surface area contributed by atoms with Crippen LogP contribution in [0.3, 0.4) is 0 Å². The van der Waals surface area contributed by atoms with Gasteiger partial charge >= 0.3 is 0 Å². The van der Waals surface area contributed by atoms with Crippen LogP contribution in [-0.4, -0.2) is 12.5 Å². The fraction of sp³-hybridized carbons (Fsp3) is 0.389. The van der Waals surface area contributed by atoms with Gasteiger partial charge in [0.2, 0.25) is 0 Å². The molecule has 0 aromatic heterocycles. The van der Waals surface area contributed by atoms with Gasteiger partial charge in [-0.05, 0) is 43.9 Å². The van der Waals surface area contributed by atoms with Gasteiger partial charge in [0.05, 0.1) is 12.4 Å². The van der Waals surface area contributed by atoms with Crippen LogP contribution in [0.2, 0.25) is 0 Å². The predicted octanol–water partition coefficient (Wildman–Crippen LogP) is 4.27. The highest BCUT2D eigenvalue weighted by Crippen LogP contribution is 2.19. The van der Waals surface area contributed by atoms with E-state index in [0.717, 1.165) is 37.5 Å². The van der Waals surface area contributed by atoms with E-state index in [1.54, 1.807) is 12.2 Å². The van der Waals surface area contributed by atoms with E-state index in [9.17, 15) is 13.6 Å². The molecule has 1 rings (SSSR count). The molecule has 0 heterocycles. The third-order valence-corrected chi connectivity index (χ3v) is 3.44. The largest absolute Gasteiger partial charge is 0.498 e. The van der Waals surface area contributed by atoms with E-state index in [2.05, 4.69) is 6.58 Å². The number of hydrogen-bond acceptors (Lipinski definition) is 2. The minimum absolute atomic E-state index is 0.321. The summed E-state index contributed by atoms with van der Waals surface area (Å²) in [5, 5.41) is 0. The van der Waals surface area contributed by atoms with E-state index in [0.29, 0.717) is 18.6 Å². The summed E-state index contributed by atoms with van der Waals surface area (Å²) in [5.74, 6) is -2.01. The van der Waals surface area contributed by atoms with Crippen molar-refractivity contribution in [1.82, 2.24) is 0 Å². The lowest BCUT2D eigenvalue weighted by Gasteiger charge is -2.08. The number of nitrogens with two attached hydrogens (primary N) is 1. The molecule has 23 heavy (non-hydrogen) atoms. The van der Waals surface area contributed by atoms with Gasteiger partial charge in [-0.1, -0.05) is 31.6 Å². The zero-order chi connectivity index (χ0) is 17.2. The van der Waals surface area contributed by atoms with Crippen molar-refractivity contribution in [1.29, 1.82) is 0 Å². The maximum atomic E-state index is 14.0. The molecule has 0 fully saturated rings. The molecule has 0 spiro atoms. The number of primary amides is 1. The van der Waals surface area contributed by atoms with Crippen LogP contribution in [-0.2, 0) is 11.2 Å². The number of halogens is 2. The molecule has 0 bridgehead atoms. The maximum Gasteiger partial charge on any atom is 0.254 e. The van der Waals surface area contributed by atoms with E-state index in [-0.39, 0.29) is 0 Å². The summed E-state index contributed by atoms with van der Waals surface area (Å²) in [7, 11) is 0. The summed E-state index contributed by atoms with van der Waals surface area (Å²) in [5.41, 5.74) is 4.66. The first-order valence-corrected chi connectivity index (χ1v) is 7.66. The molecule has 1 aromatic rings. The monoisotopic (exact) mass is 323 g/mol. The van der Waals surface area contributed by atoms with Crippen molar-refractivity contribution >= 4 is 5.91 Å². The number of carbonyl (C=O) groups excluding carboxylic acids is 1. The van der Waals surface area contributed by atoms with Gasteiger partial charge in [-0.25, -0.2) is 8.78 Å². The fourth-order valence-corrected chi connectivity index (χ4v) is 2.23. The highest BCUT2D eigenvalue weighted by Gasteiger charge is 2.17. The van der Waals surface area contributed by atoms with Gasteiger partial charge < -0.3 is 10.5 Å². The smallest absolute Gasteiger partial charge is 0.254 e. The predicted molar refractivity (Wildman–Crippen MR) is 87.0 cm³/mol. The Morgan fingerprint density at radius 1 is 1.26 bits per heavy atom. The maximum absolute atomic E-state index is 14.0. The zero-order valence-corrected chi connectivity index (χ0v) is 13.4. The molecule has 0 unspecified atom stereocenters. The quantitative estimate of drug-likeness (QED) is 0.397. The normalized spacial score (nSPS) is 11.3. The number of benzene rings is 1. The second-order valence-corrected chi connectivity index (χ2v) is 5.29. The van der Waals surface area contributed by atoms with Gasteiger partial charge in [-0.15, -0.1) is 0 Å². The average molecular weight is 323 g/mol. The number of allylic oxidation sites excluding steroid dienone is 3. The van der Waals surface area contributed by atoms with Crippen LogP contribution in [0, 0.1) is 11.6 Å². The molecule has 1 amide bonds. The van der Waals surface area contributed by atoms with E-state index >= 15 is 0 Å². The average Bonchev–Trinajstić information content (AvgIpc) is 2.48. The van der Waals surface area contributed by atoms with Crippen LogP contribution >= 0.6 is 0 Å². The van der Waals surface area contributed by atoms with Crippen LogP contribution in [0.15, 0.2) is 36.6 Å². The van der Waals surface area contributed by atoms with Gasteiger partial charge in [0.25, 0.3) is 5.91 Å². The number of ether oxygens (including phenoxy) is 1. The molecule has 2 N–H and O–H groups in total. The van der Waals surface area contributed by atoms with Crippen molar-refractivity contribution in [3.8, 4) is 0 Å². The second kappa shape index (κ2) is 9.77. The summed E-state index contributed by atoms with van der Waals surface area (Å²) >= 11 is 0. The van der Waals surface area contributed by atoms with E-state index in [1.165, 1.54) is 6.07 Å². The summed E-state index contributed by atoms with van der Waals surface area (Å²) in [4.78, 5) is 11.1. The molecular weight excluding hydrogens is 300 g/mol. The zero-order valence-electron chi connectivity index (χ0n) is 13.4. The van der Waals surface area contributed by atoms with Gasteiger partial charge in [-0.2, -0.15) is 0 Å². The second-order valence-electron chi connectivity index (χ2n) is 5.29. The lowest BCUT2D eigenvalue weighted by atomic mass is 10.0. The summed E-state index contributed by atoms with van der Waals surface area (Å²) < 4.78 is 32.8. The van der Waals surface area contributed by atoms with Crippen molar-refractivity contribution in [3.05, 3.63) is 59.4 Å². The molecule has 0 radical (unpaired) electrons. The summed E-state index contributed by atoms with van der Waals surface area (Å²) in [6.45, 7) is 6.09. The van der Waals surface area contributed by atoms with Crippen LogP contribution in [0.1, 0.15) is 48.5 Å². The van der Waals surface area contributed by atoms with Crippen LogP contribution in [0.25, 0.3) is 0 Å². The first kappa shape index (κ1) is 18.9. The summed E-state index contributed by atoms with van der Waals surface area (Å²) in [6, 6.07) is 2.45. The fourth-order valence-electron chi connectivity index (χ4n) is 2.23. The number of amides is 1. The molecule has 0 saturated carbocycles. The Hall–Kier alpha value is -2.17. The molecule has 0 saturated heterocycles. The molecule has 0 aliphatic carbocycles. The minimum atomic E-state index is -1.08. The Kier molecular flexibility index (Phi) is 8.02. The summed E-state index contributed by atoms with van der Waals surface area (Å²) in [6.07, 6.45) is 7.43. The molecule has 3 nitrogen and oxygen atoms in total. The van der Waals surface area contributed by atoms with E-state index < -0.39 is 23.1 Å². The SMILES string of the molecule is C=CC=C(C)OCCCCCCc1ccc(F)c(C(N)=O)c1F. The Labute approximate surface area is 135 Å². The van der Waals surface area contributed by atoms with E-state index in [4.69, 9.17) is 10.5 Å². The van der Waals surface area contributed by atoms with Crippen LogP contribution < -0.4 is 5.73 Å². The van der Waals surface area contributed by atoms with Crippen LogP contribution in [0.4, 0.5) is 8.78 Å². The van der Waals surface area contributed by atoms with Gasteiger partial charge in [0.1, 0.15) is 17.2 Å². The third-order valence-electron chi connectivity index (χ3n) is 3.44. The first-order valence-electron chi connectivity index (χ1n) is 7.66. The molecule has 1 aromatic carbocycles.